The summed E-state index contributed by atoms with van der Waals surface area (Å²) in [4.78, 5) is 23.7. The molecule has 0 unspecified atom stereocenters. The van der Waals surface area contributed by atoms with Crippen LogP contribution in [0, 0.1) is 0 Å². The second-order valence-electron chi connectivity index (χ2n) is 5.46. The Balaban J connectivity index is 1.99. The number of rotatable bonds is 8. The SMILES string of the molecule is CCOC(=O)c1ccc(NC(=O)/C=C/c2ccc(OCC)c(OC)c2)cc1. The molecule has 0 bridgehead atoms. The highest BCUT2D eigenvalue weighted by Crippen LogP contribution is 2.28. The van der Waals surface area contributed by atoms with Gasteiger partial charge in [0.2, 0.25) is 5.91 Å². The van der Waals surface area contributed by atoms with Gasteiger partial charge < -0.3 is 19.5 Å². The molecule has 0 aromatic heterocycles. The summed E-state index contributed by atoms with van der Waals surface area (Å²) in [5, 5.41) is 2.74. The van der Waals surface area contributed by atoms with Gasteiger partial charge in [-0.1, -0.05) is 6.07 Å². The molecule has 142 valence electrons. The lowest BCUT2D eigenvalue weighted by Crippen LogP contribution is -2.08. The number of carbonyl (C=O) groups is 2. The quantitative estimate of drug-likeness (QED) is 0.564. The molecular formula is C21H23NO5. The maximum Gasteiger partial charge on any atom is 0.338 e. The van der Waals surface area contributed by atoms with E-state index in [1.165, 1.54) is 6.08 Å². The van der Waals surface area contributed by atoms with Gasteiger partial charge in [0.05, 0.1) is 25.9 Å². The summed E-state index contributed by atoms with van der Waals surface area (Å²) in [6.45, 7) is 4.51. The zero-order valence-corrected chi connectivity index (χ0v) is 15.7. The van der Waals surface area contributed by atoms with Crippen molar-refractivity contribution in [2.75, 3.05) is 25.6 Å². The lowest BCUT2D eigenvalue weighted by atomic mass is 10.2. The molecule has 2 aromatic rings. The van der Waals surface area contributed by atoms with E-state index in [9.17, 15) is 9.59 Å². The predicted octanol–water partition coefficient (Wildman–Crippen LogP) is 3.92. The summed E-state index contributed by atoms with van der Waals surface area (Å²) in [5.41, 5.74) is 1.83. The maximum absolute atomic E-state index is 12.1. The lowest BCUT2D eigenvalue weighted by Gasteiger charge is -2.09. The fourth-order valence-electron chi connectivity index (χ4n) is 2.32. The van der Waals surface area contributed by atoms with Crippen LogP contribution in [0.5, 0.6) is 11.5 Å². The van der Waals surface area contributed by atoms with E-state index in [1.54, 1.807) is 56.5 Å². The number of methoxy groups -OCH3 is 1. The van der Waals surface area contributed by atoms with Gasteiger partial charge in [-0.2, -0.15) is 0 Å². The smallest absolute Gasteiger partial charge is 0.338 e. The summed E-state index contributed by atoms with van der Waals surface area (Å²) in [7, 11) is 1.57. The third-order valence-corrected chi connectivity index (χ3v) is 3.58. The van der Waals surface area contributed by atoms with Crippen LogP contribution in [-0.2, 0) is 9.53 Å². The number of nitrogens with one attached hydrogen (secondary N) is 1. The molecule has 0 saturated carbocycles. The van der Waals surface area contributed by atoms with Gasteiger partial charge in [-0.25, -0.2) is 4.79 Å². The number of benzene rings is 2. The molecule has 0 saturated heterocycles. The van der Waals surface area contributed by atoms with Crippen molar-refractivity contribution in [2.24, 2.45) is 0 Å². The summed E-state index contributed by atoms with van der Waals surface area (Å²) in [5.74, 6) is 0.587. The van der Waals surface area contributed by atoms with Crippen LogP contribution in [0.3, 0.4) is 0 Å². The van der Waals surface area contributed by atoms with Crippen LogP contribution in [-0.4, -0.2) is 32.2 Å². The Morgan fingerprint density at radius 2 is 1.74 bits per heavy atom. The highest BCUT2D eigenvalue weighted by atomic mass is 16.5. The van der Waals surface area contributed by atoms with E-state index in [4.69, 9.17) is 14.2 Å². The molecule has 0 heterocycles. The van der Waals surface area contributed by atoms with E-state index in [0.717, 1.165) is 5.56 Å². The molecule has 0 fully saturated rings. The van der Waals surface area contributed by atoms with Gasteiger partial charge in [0.1, 0.15) is 0 Å². The maximum atomic E-state index is 12.1. The number of esters is 1. The van der Waals surface area contributed by atoms with Gasteiger partial charge >= 0.3 is 5.97 Å². The highest BCUT2D eigenvalue weighted by Gasteiger charge is 2.07. The fourth-order valence-corrected chi connectivity index (χ4v) is 2.32. The van der Waals surface area contributed by atoms with E-state index in [0.29, 0.717) is 36.0 Å². The molecule has 0 aliphatic carbocycles. The normalized spacial score (nSPS) is 10.5. The minimum atomic E-state index is -0.389. The third kappa shape index (κ3) is 5.88. The van der Waals surface area contributed by atoms with Crippen LogP contribution in [0.15, 0.2) is 48.5 Å². The molecule has 27 heavy (non-hydrogen) atoms. The average Bonchev–Trinajstić information content (AvgIpc) is 2.68. The Bertz CT molecular complexity index is 812. The molecule has 2 aromatic carbocycles. The second-order valence-corrected chi connectivity index (χ2v) is 5.46. The predicted molar refractivity (Wildman–Crippen MR) is 104 cm³/mol. The first-order valence-corrected chi connectivity index (χ1v) is 8.64. The molecule has 6 nitrogen and oxygen atoms in total. The molecule has 6 heteroatoms. The van der Waals surface area contributed by atoms with Crippen molar-refractivity contribution < 1.29 is 23.8 Å². The van der Waals surface area contributed by atoms with Crippen LogP contribution in [0.2, 0.25) is 0 Å². The average molecular weight is 369 g/mol. The minimum absolute atomic E-state index is 0.285. The number of hydrogen-bond acceptors (Lipinski definition) is 5. The van der Waals surface area contributed by atoms with Crippen molar-refractivity contribution in [3.63, 3.8) is 0 Å². The zero-order valence-electron chi connectivity index (χ0n) is 15.7. The highest BCUT2D eigenvalue weighted by molar-refractivity contribution is 6.02. The number of anilines is 1. The first kappa shape index (κ1) is 20.0. The number of carbonyl (C=O) groups excluding carboxylic acids is 2. The number of hydrogen-bond donors (Lipinski definition) is 1. The van der Waals surface area contributed by atoms with Crippen molar-refractivity contribution in [1.82, 2.24) is 0 Å². The Labute approximate surface area is 158 Å². The topological polar surface area (TPSA) is 73.9 Å². The van der Waals surface area contributed by atoms with E-state index in [-0.39, 0.29) is 11.9 Å². The summed E-state index contributed by atoms with van der Waals surface area (Å²) >= 11 is 0. The molecule has 0 aliphatic heterocycles. The Hall–Kier alpha value is -3.28. The van der Waals surface area contributed by atoms with E-state index < -0.39 is 0 Å². The van der Waals surface area contributed by atoms with Crippen LogP contribution < -0.4 is 14.8 Å². The van der Waals surface area contributed by atoms with Gasteiger partial charge in [0.15, 0.2) is 11.5 Å². The summed E-state index contributed by atoms with van der Waals surface area (Å²) in [6, 6.07) is 11.9. The van der Waals surface area contributed by atoms with E-state index in [2.05, 4.69) is 5.32 Å². The van der Waals surface area contributed by atoms with Crippen molar-refractivity contribution >= 4 is 23.6 Å². The molecular weight excluding hydrogens is 346 g/mol. The van der Waals surface area contributed by atoms with Crippen LogP contribution >= 0.6 is 0 Å². The van der Waals surface area contributed by atoms with Crippen molar-refractivity contribution in [3.8, 4) is 11.5 Å². The first-order valence-electron chi connectivity index (χ1n) is 8.64. The second kappa shape index (κ2) is 10.0. The minimum Gasteiger partial charge on any atom is -0.493 e. The Morgan fingerprint density at radius 1 is 1.00 bits per heavy atom. The van der Waals surface area contributed by atoms with Crippen molar-refractivity contribution in [3.05, 3.63) is 59.7 Å². The van der Waals surface area contributed by atoms with E-state index >= 15 is 0 Å². The van der Waals surface area contributed by atoms with Crippen LogP contribution in [0.1, 0.15) is 29.8 Å². The number of ether oxygens (including phenoxy) is 3. The first-order chi connectivity index (χ1) is 13.1. The molecule has 1 N–H and O–H groups in total. The lowest BCUT2D eigenvalue weighted by molar-refractivity contribution is -0.111. The monoisotopic (exact) mass is 369 g/mol. The van der Waals surface area contributed by atoms with Gasteiger partial charge in [-0.05, 0) is 61.9 Å². The molecule has 0 aliphatic rings. The molecule has 0 radical (unpaired) electrons. The van der Waals surface area contributed by atoms with Crippen LogP contribution in [0.25, 0.3) is 6.08 Å². The third-order valence-electron chi connectivity index (χ3n) is 3.58. The van der Waals surface area contributed by atoms with Crippen molar-refractivity contribution in [1.29, 1.82) is 0 Å². The summed E-state index contributed by atoms with van der Waals surface area (Å²) in [6.07, 6.45) is 3.11. The van der Waals surface area contributed by atoms with Gasteiger partial charge in [-0.15, -0.1) is 0 Å². The number of amides is 1. The van der Waals surface area contributed by atoms with Crippen LogP contribution in [0.4, 0.5) is 5.69 Å². The van der Waals surface area contributed by atoms with Crippen molar-refractivity contribution in [2.45, 2.75) is 13.8 Å². The zero-order chi connectivity index (χ0) is 19.6. The molecule has 1 amide bonds. The standard InChI is InChI=1S/C21H23NO5/c1-4-26-18-12-6-15(14-19(18)25-3)7-13-20(23)22-17-10-8-16(9-11-17)21(24)27-5-2/h6-14H,4-5H2,1-3H3,(H,22,23)/b13-7+. The molecule has 0 atom stereocenters. The Kier molecular flexibility index (Phi) is 7.43. The van der Waals surface area contributed by atoms with E-state index in [1.807, 2.05) is 13.0 Å². The summed E-state index contributed by atoms with van der Waals surface area (Å²) < 4.78 is 15.7. The fraction of sp³-hybridized carbons (Fsp3) is 0.238. The van der Waals surface area contributed by atoms with Gasteiger partial charge in [-0.3, -0.25) is 4.79 Å². The molecule has 2 rings (SSSR count). The largest absolute Gasteiger partial charge is 0.493 e. The van der Waals surface area contributed by atoms with Gasteiger partial charge in [0, 0.05) is 11.8 Å². The van der Waals surface area contributed by atoms with Gasteiger partial charge in [0.25, 0.3) is 0 Å². The Morgan fingerprint density at radius 3 is 2.37 bits per heavy atom. The molecule has 0 spiro atoms.